The maximum atomic E-state index is 12.4. The van der Waals surface area contributed by atoms with Crippen molar-refractivity contribution < 1.29 is 9.59 Å². The summed E-state index contributed by atoms with van der Waals surface area (Å²) in [5, 5.41) is 0. The van der Waals surface area contributed by atoms with Crippen molar-refractivity contribution in [3.05, 3.63) is 42.0 Å². The number of hydrogen-bond acceptors (Lipinski definition) is 3. The molecule has 1 aromatic carbocycles. The molecule has 1 aliphatic carbocycles. The standard InChI is InChI=1S/C15H16N2O2/c16-9-10-4-3-5-11(8-10)17-14(18)12-6-1-2-7-13(12)15(17)19/h1-5,8,12-13H,6-7,9,16H2/t12-,13+. The van der Waals surface area contributed by atoms with E-state index in [1.54, 1.807) is 6.07 Å². The molecule has 3 rings (SSSR count). The van der Waals surface area contributed by atoms with Crippen LogP contribution < -0.4 is 10.6 Å². The summed E-state index contributed by atoms with van der Waals surface area (Å²) in [6.45, 7) is 0.401. The number of hydrogen-bond donors (Lipinski definition) is 1. The Hall–Kier alpha value is -1.94. The van der Waals surface area contributed by atoms with Crippen molar-refractivity contribution in [2.45, 2.75) is 19.4 Å². The zero-order valence-electron chi connectivity index (χ0n) is 10.6. The molecule has 0 radical (unpaired) electrons. The van der Waals surface area contributed by atoms with Gasteiger partial charge in [0.15, 0.2) is 0 Å². The second kappa shape index (κ2) is 4.63. The topological polar surface area (TPSA) is 63.4 Å². The summed E-state index contributed by atoms with van der Waals surface area (Å²) < 4.78 is 0. The molecule has 4 heteroatoms. The van der Waals surface area contributed by atoms with Crippen LogP contribution in [0.5, 0.6) is 0 Å². The molecular weight excluding hydrogens is 240 g/mol. The SMILES string of the molecule is NCc1cccc(N2C(=O)[C@H]3CC=CC[C@H]3C2=O)c1. The molecule has 0 spiro atoms. The predicted octanol–water partition coefficient (Wildman–Crippen LogP) is 1.60. The van der Waals surface area contributed by atoms with Gasteiger partial charge in [0, 0.05) is 6.54 Å². The summed E-state index contributed by atoms with van der Waals surface area (Å²) in [7, 11) is 0. The van der Waals surface area contributed by atoms with Gasteiger partial charge in [-0.05, 0) is 30.5 Å². The number of nitrogens with zero attached hydrogens (tertiary/aromatic N) is 1. The Morgan fingerprint density at radius 1 is 1.11 bits per heavy atom. The van der Waals surface area contributed by atoms with Gasteiger partial charge in [-0.3, -0.25) is 14.5 Å². The lowest BCUT2D eigenvalue weighted by Gasteiger charge is -2.15. The van der Waals surface area contributed by atoms with Crippen LogP contribution in [-0.4, -0.2) is 11.8 Å². The maximum Gasteiger partial charge on any atom is 0.238 e. The molecule has 2 atom stereocenters. The van der Waals surface area contributed by atoms with Gasteiger partial charge in [-0.2, -0.15) is 0 Å². The quantitative estimate of drug-likeness (QED) is 0.645. The van der Waals surface area contributed by atoms with Crippen molar-refractivity contribution in [1.29, 1.82) is 0 Å². The van der Waals surface area contributed by atoms with Crippen LogP contribution in [-0.2, 0) is 16.1 Å². The van der Waals surface area contributed by atoms with Gasteiger partial charge in [0.25, 0.3) is 0 Å². The fourth-order valence-corrected chi connectivity index (χ4v) is 2.88. The number of anilines is 1. The van der Waals surface area contributed by atoms with E-state index >= 15 is 0 Å². The summed E-state index contributed by atoms with van der Waals surface area (Å²) in [6, 6.07) is 7.34. The van der Waals surface area contributed by atoms with Gasteiger partial charge in [0.2, 0.25) is 11.8 Å². The summed E-state index contributed by atoms with van der Waals surface area (Å²) in [4.78, 5) is 26.1. The fourth-order valence-electron chi connectivity index (χ4n) is 2.88. The Kier molecular flexibility index (Phi) is 2.95. The van der Waals surface area contributed by atoms with E-state index in [0.29, 0.717) is 25.1 Å². The number of nitrogens with two attached hydrogens (primary N) is 1. The fraction of sp³-hybridized carbons (Fsp3) is 0.333. The first kappa shape index (κ1) is 12.1. The second-order valence-electron chi connectivity index (χ2n) is 5.04. The van der Waals surface area contributed by atoms with Crippen LogP contribution in [0.15, 0.2) is 36.4 Å². The van der Waals surface area contributed by atoms with Crippen LogP contribution in [0.2, 0.25) is 0 Å². The number of carbonyl (C=O) groups is 2. The lowest BCUT2D eigenvalue weighted by molar-refractivity contribution is -0.122. The summed E-state index contributed by atoms with van der Waals surface area (Å²) in [5.74, 6) is -0.514. The Morgan fingerprint density at radius 3 is 2.32 bits per heavy atom. The van der Waals surface area contributed by atoms with Crippen molar-refractivity contribution in [1.82, 2.24) is 0 Å². The normalized spacial score (nSPS) is 25.8. The molecule has 1 heterocycles. The molecule has 1 aliphatic heterocycles. The van der Waals surface area contributed by atoms with Gasteiger partial charge in [-0.1, -0.05) is 24.3 Å². The molecule has 0 saturated carbocycles. The summed E-state index contributed by atoms with van der Waals surface area (Å²) >= 11 is 0. The third-order valence-corrected chi connectivity index (χ3v) is 3.91. The molecular formula is C15H16N2O2. The second-order valence-corrected chi connectivity index (χ2v) is 5.04. The lowest BCUT2D eigenvalue weighted by Crippen LogP contribution is -2.30. The highest BCUT2D eigenvalue weighted by atomic mass is 16.2. The molecule has 1 saturated heterocycles. The molecule has 4 nitrogen and oxygen atoms in total. The van der Waals surface area contributed by atoms with Crippen molar-refractivity contribution in [3.63, 3.8) is 0 Å². The first-order chi connectivity index (χ1) is 9.22. The van der Waals surface area contributed by atoms with Gasteiger partial charge in [-0.25, -0.2) is 0 Å². The zero-order chi connectivity index (χ0) is 13.4. The molecule has 1 aromatic rings. The van der Waals surface area contributed by atoms with E-state index in [1.165, 1.54) is 4.90 Å². The van der Waals surface area contributed by atoms with E-state index in [9.17, 15) is 9.59 Å². The number of carbonyl (C=O) groups excluding carboxylic acids is 2. The number of amides is 2. The van der Waals surface area contributed by atoms with Gasteiger partial charge in [0.1, 0.15) is 0 Å². The Balaban J connectivity index is 1.97. The highest BCUT2D eigenvalue weighted by Gasteiger charge is 2.47. The van der Waals surface area contributed by atoms with E-state index in [2.05, 4.69) is 0 Å². The minimum atomic E-state index is -0.181. The van der Waals surface area contributed by atoms with Crippen LogP contribution in [0.3, 0.4) is 0 Å². The highest BCUT2D eigenvalue weighted by Crippen LogP contribution is 2.37. The maximum absolute atomic E-state index is 12.4. The number of rotatable bonds is 2. The average molecular weight is 256 g/mol. The van der Waals surface area contributed by atoms with Crippen molar-refractivity contribution in [3.8, 4) is 0 Å². The summed E-state index contributed by atoms with van der Waals surface area (Å²) in [5.41, 5.74) is 7.17. The van der Waals surface area contributed by atoms with Crippen molar-refractivity contribution >= 4 is 17.5 Å². The van der Waals surface area contributed by atoms with Crippen LogP contribution >= 0.6 is 0 Å². The monoisotopic (exact) mass is 256 g/mol. The largest absolute Gasteiger partial charge is 0.326 e. The summed E-state index contributed by atoms with van der Waals surface area (Å²) in [6.07, 6.45) is 5.32. The third kappa shape index (κ3) is 1.88. The third-order valence-electron chi connectivity index (χ3n) is 3.91. The molecule has 2 aliphatic rings. The first-order valence-electron chi connectivity index (χ1n) is 6.54. The molecule has 0 aromatic heterocycles. The minimum Gasteiger partial charge on any atom is -0.326 e. The van der Waals surface area contributed by atoms with E-state index in [-0.39, 0.29) is 23.7 Å². The van der Waals surface area contributed by atoms with E-state index in [0.717, 1.165) is 5.56 Å². The molecule has 98 valence electrons. The molecule has 1 fully saturated rings. The minimum absolute atomic E-state index is 0.0754. The van der Waals surface area contributed by atoms with Crippen LogP contribution in [0.1, 0.15) is 18.4 Å². The van der Waals surface area contributed by atoms with E-state index < -0.39 is 0 Å². The predicted molar refractivity (Wildman–Crippen MR) is 72.2 cm³/mol. The lowest BCUT2D eigenvalue weighted by atomic mass is 9.85. The van der Waals surface area contributed by atoms with E-state index in [1.807, 2.05) is 30.4 Å². The van der Waals surface area contributed by atoms with Gasteiger partial charge in [0.05, 0.1) is 17.5 Å². The Bertz CT molecular complexity index is 539. The van der Waals surface area contributed by atoms with Crippen LogP contribution in [0, 0.1) is 11.8 Å². The average Bonchev–Trinajstić information content (AvgIpc) is 2.72. The molecule has 0 unspecified atom stereocenters. The first-order valence-corrected chi connectivity index (χ1v) is 6.54. The van der Waals surface area contributed by atoms with Gasteiger partial charge in [-0.15, -0.1) is 0 Å². The molecule has 2 N–H and O–H groups in total. The van der Waals surface area contributed by atoms with Gasteiger partial charge >= 0.3 is 0 Å². The van der Waals surface area contributed by atoms with E-state index in [4.69, 9.17) is 5.73 Å². The Morgan fingerprint density at radius 2 is 1.74 bits per heavy atom. The highest BCUT2D eigenvalue weighted by molar-refractivity contribution is 6.22. The smallest absolute Gasteiger partial charge is 0.238 e. The molecule has 2 amide bonds. The van der Waals surface area contributed by atoms with Crippen LogP contribution in [0.4, 0.5) is 5.69 Å². The number of benzene rings is 1. The Labute approximate surface area is 111 Å². The molecule has 0 bridgehead atoms. The van der Waals surface area contributed by atoms with Gasteiger partial charge < -0.3 is 5.73 Å². The number of allylic oxidation sites excluding steroid dienone is 2. The molecule has 19 heavy (non-hydrogen) atoms. The van der Waals surface area contributed by atoms with Crippen molar-refractivity contribution in [2.75, 3.05) is 4.90 Å². The zero-order valence-corrected chi connectivity index (χ0v) is 10.6. The van der Waals surface area contributed by atoms with Crippen LogP contribution in [0.25, 0.3) is 0 Å². The number of fused-ring (bicyclic) bond motifs is 1. The van der Waals surface area contributed by atoms with Crippen molar-refractivity contribution in [2.24, 2.45) is 17.6 Å². The number of imide groups is 1.